The van der Waals surface area contributed by atoms with Gasteiger partial charge in [-0.15, -0.1) is 0 Å². The van der Waals surface area contributed by atoms with Crippen LogP contribution in [0.2, 0.25) is 0 Å². The van der Waals surface area contributed by atoms with Crippen LogP contribution in [0.25, 0.3) is 0 Å². The molecule has 0 bridgehead atoms. The average molecular weight is 753 g/mol. The lowest BCUT2D eigenvalue weighted by Gasteiger charge is -2.28. The molecule has 0 amide bonds. The fourth-order valence-corrected chi connectivity index (χ4v) is 8.43. The minimum Gasteiger partial charge on any atom is -0.350 e. The second-order valence-electron chi connectivity index (χ2n) is 14.7. The summed E-state index contributed by atoms with van der Waals surface area (Å²) in [7, 11) is 0. The monoisotopic (exact) mass is 752 g/mol. The van der Waals surface area contributed by atoms with E-state index >= 15 is 0 Å². The van der Waals surface area contributed by atoms with Crippen molar-refractivity contribution in [2.75, 3.05) is 55.8 Å². The number of fused-ring (bicyclic) bond motifs is 2. The molecular formula is C52H44N6. The van der Waals surface area contributed by atoms with Crippen LogP contribution >= 0.6 is 0 Å². The third-order valence-corrected chi connectivity index (χ3v) is 11.1. The lowest BCUT2D eigenvalue weighted by molar-refractivity contribution is 0.760. The summed E-state index contributed by atoms with van der Waals surface area (Å²) in [6.07, 6.45) is 0. The van der Waals surface area contributed by atoms with Gasteiger partial charge in [0, 0.05) is 58.6 Å². The van der Waals surface area contributed by atoms with Gasteiger partial charge < -0.3 is 29.4 Å². The molecule has 10 rings (SSSR count). The minimum absolute atomic E-state index is 0.773. The normalized spacial score (nSPS) is 13.0. The van der Waals surface area contributed by atoms with Crippen molar-refractivity contribution >= 4 is 68.2 Å². The van der Waals surface area contributed by atoms with Gasteiger partial charge in [0.25, 0.3) is 0 Å². The molecule has 0 atom stereocenters. The summed E-state index contributed by atoms with van der Waals surface area (Å²) in [4.78, 5) is 14.6. The molecule has 0 N–H and O–H groups in total. The van der Waals surface area contributed by atoms with Gasteiger partial charge in [0.05, 0.1) is 36.1 Å². The van der Waals surface area contributed by atoms with Crippen molar-refractivity contribution in [3.05, 3.63) is 218 Å². The van der Waals surface area contributed by atoms with Crippen LogP contribution < -0.4 is 29.4 Å². The van der Waals surface area contributed by atoms with Crippen LogP contribution in [-0.4, -0.2) is 26.4 Å². The SMILES string of the molecule is c1ccc(N(c2ccccc2)c2cccc(N3CN(CCN4CN(c5cccc(N(c6ccccc6)c6ccccc6)c5)c5ccccc54)c4ccccc43)c2)cc1. The minimum atomic E-state index is 0.773. The quantitative estimate of drug-likeness (QED) is 0.130. The Kier molecular flexibility index (Phi) is 9.41. The van der Waals surface area contributed by atoms with Crippen molar-refractivity contribution in [1.82, 2.24) is 0 Å². The van der Waals surface area contributed by atoms with Gasteiger partial charge in [-0.3, -0.25) is 0 Å². The summed E-state index contributed by atoms with van der Waals surface area (Å²) in [6.45, 7) is 3.31. The molecule has 2 aliphatic heterocycles. The molecule has 58 heavy (non-hydrogen) atoms. The molecule has 8 aromatic rings. The Morgan fingerprint density at radius 2 is 0.586 bits per heavy atom. The van der Waals surface area contributed by atoms with Gasteiger partial charge in [0.1, 0.15) is 0 Å². The Hall–Kier alpha value is -7.44. The maximum absolute atomic E-state index is 2.53. The van der Waals surface area contributed by atoms with Gasteiger partial charge in [-0.1, -0.05) is 109 Å². The van der Waals surface area contributed by atoms with E-state index in [0.717, 1.165) is 60.6 Å². The molecule has 0 fully saturated rings. The van der Waals surface area contributed by atoms with Gasteiger partial charge in [-0.25, -0.2) is 0 Å². The van der Waals surface area contributed by atoms with Gasteiger partial charge in [-0.05, 0) is 109 Å². The predicted molar refractivity (Wildman–Crippen MR) is 244 cm³/mol. The first kappa shape index (κ1) is 35.0. The molecule has 0 radical (unpaired) electrons. The van der Waals surface area contributed by atoms with Gasteiger partial charge in [0.2, 0.25) is 0 Å². The molecule has 6 nitrogen and oxygen atoms in total. The lowest BCUT2D eigenvalue weighted by atomic mass is 10.1. The largest absolute Gasteiger partial charge is 0.350 e. The Labute approximate surface area is 341 Å². The van der Waals surface area contributed by atoms with E-state index in [-0.39, 0.29) is 0 Å². The summed E-state index contributed by atoms with van der Waals surface area (Å²) in [5.41, 5.74) is 14.1. The van der Waals surface area contributed by atoms with E-state index in [1.165, 1.54) is 34.1 Å². The molecule has 0 saturated carbocycles. The number of para-hydroxylation sites is 8. The summed E-state index contributed by atoms with van der Waals surface area (Å²) in [5, 5.41) is 0. The third-order valence-electron chi connectivity index (χ3n) is 11.1. The zero-order valence-electron chi connectivity index (χ0n) is 32.3. The van der Waals surface area contributed by atoms with Gasteiger partial charge in [-0.2, -0.15) is 0 Å². The molecule has 0 spiro atoms. The molecule has 2 heterocycles. The first-order valence-electron chi connectivity index (χ1n) is 20.0. The van der Waals surface area contributed by atoms with Crippen molar-refractivity contribution in [3.63, 3.8) is 0 Å². The standard InChI is InChI=1S/C52H44N6/c1-5-19-41(20-6-1)57(42-21-7-2-8-22-42)47-29-17-27-45(37-47)55-39-53(49-31-13-15-33-51(49)55)35-36-54-40-56(52-34-16-14-32-50(52)54)46-28-18-30-48(38-46)58(43-23-9-3-10-24-43)44-25-11-4-12-26-44/h1-34,37-38H,35-36,39-40H2. The Balaban J connectivity index is 0.908. The topological polar surface area (TPSA) is 19.4 Å². The second-order valence-corrected chi connectivity index (χ2v) is 14.7. The Bertz CT molecular complexity index is 2350. The van der Waals surface area contributed by atoms with Crippen LogP contribution in [0.4, 0.5) is 68.2 Å². The first-order chi connectivity index (χ1) is 28.8. The Morgan fingerprint density at radius 1 is 0.293 bits per heavy atom. The molecule has 0 aromatic heterocycles. The number of hydrogen-bond acceptors (Lipinski definition) is 6. The maximum Gasteiger partial charge on any atom is 0.0953 e. The van der Waals surface area contributed by atoms with E-state index in [1.54, 1.807) is 0 Å². The zero-order valence-corrected chi connectivity index (χ0v) is 32.3. The van der Waals surface area contributed by atoms with Gasteiger partial charge in [0.15, 0.2) is 0 Å². The molecule has 0 aliphatic carbocycles. The average Bonchev–Trinajstić information content (AvgIpc) is 3.86. The molecule has 0 saturated heterocycles. The molecule has 2 aliphatic rings. The number of hydrogen-bond donors (Lipinski definition) is 0. The molecule has 8 aromatic carbocycles. The van der Waals surface area contributed by atoms with Crippen molar-refractivity contribution in [2.24, 2.45) is 0 Å². The molecular weight excluding hydrogens is 709 g/mol. The fraction of sp³-hybridized carbons (Fsp3) is 0.0769. The van der Waals surface area contributed by atoms with Crippen LogP contribution in [0, 0.1) is 0 Å². The van der Waals surface area contributed by atoms with E-state index in [2.05, 4.69) is 248 Å². The van der Waals surface area contributed by atoms with E-state index in [9.17, 15) is 0 Å². The number of rotatable bonds is 11. The second kappa shape index (κ2) is 15.6. The van der Waals surface area contributed by atoms with Crippen LogP contribution in [0.1, 0.15) is 0 Å². The number of benzene rings is 8. The van der Waals surface area contributed by atoms with Crippen LogP contribution in [-0.2, 0) is 0 Å². The molecule has 282 valence electrons. The highest BCUT2D eigenvalue weighted by atomic mass is 15.4. The zero-order chi connectivity index (χ0) is 38.7. The van der Waals surface area contributed by atoms with Crippen LogP contribution in [0.3, 0.4) is 0 Å². The maximum atomic E-state index is 2.53. The molecule has 0 unspecified atom stereocenters. The third kappa shape index (κ3) is 6.75. The van der Waals surface area contributed by atoms with Gasteiger partial charge >= 0.3 is 0 Å². The highest BCUT2D eigenvalue weighted by Gasteiger charge is 2.31. The van der Waals surface area contributed by atoms with Crippen molar-refractivity contribution in [2.45, 2.75) is 0 Å². The summed E-state index contributed by atoms with van der Waals surface area (Å²) in [6, 6.07) is 78.0. The number of nitrogens with zero attached hydrogens (tertiary/aromatic N) is 6. The number of anilines is 12. The Morgan fingerprint density at radius 3 is 0.931 bits per heavy atom. The van der Waals surface area contributed by atoms with Crippen molar-refractivity contribution in [1.29, 1.82) is 0 Å². The summed E-state index contributed by atoms with van der Waals surface area (Å²) >= 11 is 0. The van der Waals surface area contributed by atoms with Crippen molar-refractivity contribution < 1.29 is 0 Å². The highest BCUT2D eigenvalue weighted by Crippen LogP contribution is 2.45. The smallest absolute Gasteiger partial charge is 0.0953 e. The van der Waals surface area contributed by atoms with E-state index in [1.807, 2.05) is 0 Å². The van der Waals surface area contributed by atoms with Crippen LogP contribution in [0.5, 0.6) is 0 Å². The summed E-state index contributed by atoms with van der Waals surface area (Å²) in [5.74, 6) is 0. The van der Waals surface area contributed by atoms with E-state index in [4.69, 9.17) is 0 Å². The molecule has 6 heteroatoms. The van der Waals surface area contributed by atoms with Crippen LogP contribution in [0.15, 0.2) is 218 Å². The van der Waals surface area contributed by atoms with E-state index < -0.39 is 0 Å². The van der Waals surface area contributed by atoms with E-state index in [0.29, 0.717) is 0 Å². The van der Waals surface area contributed by atoms with Crippen molar-refractivity contribution in [3.8, 4) is 0 Å². The lowest BCUT2D eigenvalue weighted by Crippen LogP contribution is -2.37. The highest BCUT2D eigenvalue weighted by molar-refractivity contribution is 5.87. The predicted octanol–water partition coefficient (Wildman–Crippen LogP) is 13.2. The summed E-state index contributed by atoms with van der Waals surface area (Å²) < 4.78 is 0. The fourth-order valence-electron chi connectivity index (χ4n) is 8.43. The first-order valence-corrected chi connectivity index (χ1v) is 20.0.